The predicted molar refractivity (Wildman–Crippen MR) is 446 cm³/mol. The molecule has 0 saturated heterocycles. The quantitative estimate of drug-likeness (QED) is 0.0222. The molecule has 0 aliphatic heterocycles. The summed E-state index contributed by atoms with van der Waals surface area (Å²) in [6.07, 6.45) is 73.5. The summed E-state index contributed by atoms with van der Waals surface area (Å²) in [4.78, 5) is 73.4. The second-order valence-corrected chi connectivity index (χ2v) is 35.6. The summed E-state index contributed by atoms with van der Waals surface area (Å²) in [6.45, 7) is 9.77. The Labute approximate surface area is 664 Å². The Bertz CT molecular complexity index is 2070. The average Bonchev–Trinajstić information content (AvgIpc) is 0.898. The Balaban J connectivity index is 5.25. The minimum absolute atomic E-state index is 0.108. The van der Waals surface area contributed by atoms with Crippen molar-refractivity contribution >= 4 is 39.5 Å². The third-order valence-corrected chi connectivity index (χ3v) is 23.2. The van der Waals surface area contributed by atoms with E-state index < -0.39 is 97.5 Å². The maximum absolute atomic E-state index is 13.2. The number of carbonyl (C=O) groups is 4. The van der Waals surface area contributed by atoms with Gasteiger partial charge in [0.1, 0.15) is 19.3 Å². The van der Waals surface area contributed by atoms with Crippen LogP contribution in [-0.2, 0) is 65.4 Å². The molecule has 0 amide bonds. The van der Waals surface area contributed by atoms with Crippen molar-refractivity contribution in [2.24, 2.45) is 11.8 Å². The number of aliphatic hydroxyl groups excluding tert-OH is 1. The first-order chi connectivity index (χ1) is 52.4. The summed E-state index contributed by atoms with van der Waals surface area (Å²) in [6, 6.07) is 0. The molecule has 0 aromatic heterocycles. The zero-order valence-corrected chi connectivity index (χ0v) is 73.0. The predicted octanol–water partition coefficient (Wildman–Crippen LogP) is 27.4. The van der Waals surface area contributed by atoms with Crippen molar-refractivity contribution in [3.63, 3.8) is 0 Å². The van der Waals surface area contributed by atoms with E-state index in [1.165, 1.54) is 295 Å². The maximum atomic E-state index is 13.2. The molecule has 0 saturated carbocycles. The summed E-state index contributed by atoms with van der Waals surface area (Å²) in [5.74, 6) is -0.448. The lowest BCUT2D eigenvalue weighted by Crippen LogP contribution is -2.30. The summed E-state index contributed by atoms with van der Waals surface area (Å²) in [5, 5.41) is 10.7. The van der Waals surface area contributed by atoms with E-state index in [0.29, 0.717) is 25.7 Å². The van der Waals surface area contributed by atoms with Gasteiger partial charge in [-0.2, -0.15) is 0 Å². The van der Waals surface area contributed by atoms with Crippen LogP contribution in [-0.4, -0.2) is 96.7 Å². The summed E-state index contributed by atoms with van der Waals surface area (Å²) in [7, 11) is -9.93. The van der Waals surface area contributed by atoms with E-state index in [-0.39, 0.29) is 25.7 Å². The molecule has 3 N–H and O–H groups in total. The van der Waals surface area contributed by atoms with Crippen molar-refractivity contribution in [3.05, 3.63) is 0 Å². The molecule has 108 heavy (non-hydrogen) atoms. The first-order valence-electron chi connectivity index (χ1n) is 46.0. The molecule has 0 fully saturated rings. The summed E-state index contributed by atoms with van der Waals surface area (Å²) in [5.41, 5.74) is 0. The molecule has 3 unspecified atom stereocenters. The highest BCUT2D eigenvalue weighted by Gasteiger charge is 2.31. The molecule has 17 nitrogen and oxygen atoms in total. The highest BCUT2D eigenvalue weighted by molar-refractivity contribution is 7.47. The molecule has 19 heteroatoms. The van der Waals surface area contributed by atoms with E-state index in [4.69, 9.17) is 37.0 Å². The molecule has 0 rings (SSSR count). The number of hydrogen-bond donors (Lipinski definition) is 3. The molecular weight excluding hydrogens is 1400 g/mol. The van der Waals surface area contributed by atoms with Gasteiger partial charge in [0.25, 0.3) is 0 Å². The summed E-state index contributed by atoms with van der Waals surface area (Å²) >= 11 is 0. The lowest BCUT2D eigenvalue weighted by molar-refractivity contribution is -0.161. The fraction of sp³-hybridized carbons (Fsp3) is 0.955. The number of phosphoric acid groups is 2. The van der Waals surface area contributed by atoms with Gasteiger partial charge in [-0.15, -0.1) is 0 Å². The van der Waals surface area contributed by atoms with Crippen LogP contribution in [0.1, 0.15) is 478 Å². The van der Waals surface area contributed by atoms with E-state index in [0.717, 1.165) is 102 Å². The lowest BCUT2D eigenvalue weighted by atomic mass is 9.99. The molecule has 0 spiro atoms. The number of esters is 4. The smallest absolute Gasteiger partial charge is 0.462 e. The molecule has 0 bridgehead atoms. The SMILES string of the molecule is CCCCCCCCCCCCCCCCCCCCC(=O)OC[C@H](COP(=O)(O)OC[C@@H](O)COP(=O)(O)OC[C@@H](COC(=O)CCCCCCCCCCCCCCC)OC(=O)CCCCCCCCCCCCCCC(C)C)OC(=O)CCCCCCCCCCCCCCCCCCCCC(C)CC. The second-order valence-electron chi connectivity index (χ2n) is 32.7. The van der Waals surface area contributed by atoms with Crippen LogP contribution < -0.4 is 0 Å². The minimum atomic E-state index is -4.97. The molecule has 0 aliphatic rings. The zero-order chi connectivity index (χ0) is 79.2. The molecule has 0 heterocycles. The van der Waals surface area contributed by atoms with E-state index in [1.807, 2.05) is 0 Å². The Kier molecular flexibility index (Phi) is 78.8. The Morgan fingerprint density at radius 3 is 0.704 bits per heavy atom. The number of carbonyl (C=O) groups excluding carboxylic acids is 4. The van der Waals surface area contributed by atoms with Crippen LogP contribution in [0.4, 0.5) is 0 Å². The highest BCUT2D eigenvalue weighted by Crippen LogP contribution is 2.45. The summed E-state index contributed by atoms with van der Waals surface area (Å²) < 4.78 is 69.0. The van der Waals surface area contributed by atoms with E-state index in [1.54, 1.807) is 0 Å². The third-order valence-electron chi connectivity index (χ3n) is 21.3. The molecule has 0 aliphatic carbocycles. The molecule has 0 radical (unpaired) electrons. The number of aliphatic hydroxyl groups is 1. The third kappa shape index (κ3) is 80.7. The van der Waals surface area contributed by atoms with Gasteiger partial charge in [-0.05, 0) is 37.5 Å². The molecular formula is C89H174O17P2. The molecule has 6 atom stereocenters. The van der Waals surface area contributed by atoms with Gasteiger partial charge >= 0.3 is 39.5 Å². The van der Waals surface area contributed by atoms with Gasteiger partial charge in [0.2, 0.25) is 0 Å². The number of phosphoric ester groups is 2. The molecule has 642 valence electrons. The van der Waals surface area contributed by atoms with Crippen molar-refractivity contribution in [2.75, 3.05) is 39.6 Å². The average molecular weight is 1580 g/mol. The van der Waals surface area contributed by atoms with Gasteiger partial charge in [0.05, 0.1) is 26.4 Å². The maximum Gasteiger partial charge on any atom is 0.472 e. The van der Waals surface area contributed by atoms with Gasteiger partial charge in [0, 0.05) is 25.7 Å². The Morgan fingerprint density at radius 1 is 0.269 bits per heavy atom. The van der Waals surface area contributed by atoms with Crippen LogP contribution in [0.2, 0.25) is 0 Å². The topological polar surface area (TPSA) is 237 Å². The number of hydrogen-bond acceptors (Lipinski definition) is 15. The fourth-order valence-corrected chi connectivity index (χ4v) is 15.5. The standard InChI is InChI=1S/C89H174O17P2/c1-7-10-12-14-16-18-20-22-23-24-28-31-35-42-48-54-60-66-72-87(92)100-78-84(105-88(93)73-67-61-55-49-43-36-32-29-26-25-27-30-34-40-46-52-58-64-70-82(6)9-3)79-103-107(95,96)101-75-83(90)76-102-108(97,98)104-80-85(77-99-86(91)71-65-59-53-47-41-33-21-19-17-15-13-11-8-2)106-89(94)74-68-62-56-50-44-38-37-39-45-51-57-63-69-81(4)5/h81-85,90H,7-80H2,1-6H3,(H,95,96)(H,97,98)/t82?,83-,84-,85-/m1/s1. The number of rotatable bonds is 88. The van der Waals surface area contributed by atoms with E-state index in [2.05, 4.69) is 41.5 Å². The minimum Gasteiger partial charge on any atom is -0.462 e. The van der Waals surface area contributed by atoms with Gasteiger partial charge < -0.3 is 33.8 Å². The van der Waals surface area contributed by atoms with Crippen LogP contribution in [0.5, 0.6) is 0 Å². The normalized spacial score (nSPS) is 14.0. The number of ether oxygens (including phenoxy) is 4. The van der Waals surface area contributed by atoms with Crippen LogP contribution in [0, 0.1) is 11.8 Å². The largest absolute Gasteiger partial charge is 0.472 e. The van der Waals surface area contributed by atoms with Crippen molar-refractivity contribution in [1.82, 2.24) is 0 Å². The van der Waals surface area contributed by atoms with E-state index >= 15 is 0 Å². The van der Waals surface area contributed by atoms with Crippen LogP contribution in [0.3, 0.4) is 0 Å². The number of unbranched alkanes of at least 4 members (excludes halogenated alkanes) is 57. The van der Waals surface area contributed by atoms with Crippen LogP contribution >= 0.6 is 15.6 Å². The highest BCUT2D eigenvalue weighted by atomic mass is 31.2. The van der Waals surface area contributed by atoms with Crippen molar-refractivity contribution < 1.29 is 80.2 Å². The molecule has 0 aromatic carbocycles. The fourth-order valence-electron chi connectivity index (χ4n) is 13.9. The van der Waals surface area contributed by atoms with Crippen LogP contribution in [0.15, 0.2) is 0 Å². The first kappa shape index (κ1) is 106. The van der Waals surface area contributed by atoms with Gasteiger partial charge in [-0.1, -0.05) is 427 Å². The Hall–Kier alpha value is -1.94. The van der Waals surface area contributed by atoms with Gasteiger partial charge in [-0.25, -0.2) is 9.13 Å². The monoisotopic (exact) mass is 1580 g/mol. The van der Waals surface area contributed by atoms with Gasteiger partial charge in [0.15, 0.2) is 12.2 Å². The van der Waals surface area contributed by atoms with Crippen molar-refractivity contribution in [1.29, 1.82) is 0 Å². The Morgan fingerprint density at radius 2 is 0.472 bits per heavy atom. The molecule has 0 aromatic rings. The second kappa shape index (κ2) is 80.3. The van der Waals surface area contributed by atoms with E-state index in [9.17, 15) is 43.2 Å². The first-order valence-corrected chi connectivity index (χ1v) is 49.0. The van der Waals surface area contributed by atoms with Crippen molar-refractivity contribution in [3.8, 4) is 0 Å². The zero-order valence-electron chi connectivity index (χ0n) is 71.2. The van der Waals surface area contributed by atoms with Crippen molar-refractivity contribution in [2.45, 2.75) is 496 Å². The van der Waals surface area contributed by atoms with Gasteiger partial charge in [-0.3, -0.25) is 37.3 Å². The lowest BCUT2D eigenvalue weighted by Gasteiger charge is -2.21. The van der Waals surface area contributed by atoms with Crippen LogP contribution in [0.25, 0.3) is 0 Å².